The summed E-state index contributed by atoms with van der Waals surface area (Å²) in [6, 6.07) is 10.3. The standard InChI is InChI=1S/C23H24FN3O3.ClH/c1-30-21-4-2-3-14-16(21)7-6-15-18(14)12-25-19(15)9-10-27-22(28)17-11-13(24)5-8-20(17)26-23(27)29;/h2-5,8,11,15,18-19,25H,6-7,9-10,12H2,1H3,(H,26,29);1H/t15-,18+,19?;/m1./s1. The number of methoxy groups -OCH3 is 1. The molecule has 3 atom stereocenters. The van der Waals surface area contributed by atoms with Crippen molar-refractivity contribution < 1.29 is 9.13 Å². The Bertz CT molecular complexity index is 1240. The van der Waals surface area contributed by atoms with E-state index >= 15 is 0 Å². The first-order valence-corrected chi connectivity index (χ1v) is 10.4. The highest BCUT2D eigenvalue weighted by atomic mass is 35.5. The van der Waals surface area contributed by atoms with E-state index in [1.807, 2.05) is 12.1 Å². The quantitative estimate of drug-likeness (QED) is 0.647. The van der Waals surface area contributed by atoms with Gasteiger partial charge in [0.05, 0.1) is 18.0 Å². The van der Waals surface area contributed by atoms with Gasteiger partial charge in [-0.2, -0.15) is 0 Å². The molecular formula is C23H25ClFN3O3. The zero-order valence-electron chi connectivity index (χ0n) is 17.2. The molecule has 0 spiro atoms. The molecule has 3 aromatic rings. The Morgan fingerprint density at radius 1 is 1.23 bits per heavy atom. The lowest BCUT2D eigenvalue weighted by Crippen LogP contribution is -2.38. The minimum atomic E-state index is -0.491. The molecule has 164 valence electrons. The highest BCUT2D eigenvalue weighted by molar-refractivity contribution is 5.85. The van der Waals surface area contributed by atoms with E-state index in [1.165, 1.54) is 33.9 Å². The minimum Gasteiger partial charge on any atom is -0.496 e. The minimum absolute atomic E-state index is 0. The van der Waals surface area contributed by atoms with Crippen LogP contribution in [0.25, 0.3) is 10.9 Å². The first-order chi connectivity index (χ1) is 14.6. The zero-order valence-corrected chi connectivity index (χ0v) is 18.0. The van der Waals surface area contributed by atoms with Crippen molar-refractivity contribution >= 4 is 23.3 Å². The van der Waals surface area contributed by atoms with Gasteiger partial charge in [0.25, 0.3) is 5.56 Å². The van der Waals surface area contributed by atoms with Gasteiger partial charge in [-0.3, -0.25) is 9.36 Å². The topological polar surface area (TPSA) is 76.1 Å². The van der Waals surface area contributed by atoms with Crippen molar-refractivity contribution in [2.24, 2.45) is 5.92 Å². The summed E-state index contributed by atoms with van der Waals surface area (Å²) >= 11 is 0. The Morgan fingerprint density at radius 2 is 2.06 bits per heavy atom. The van der Waals surface area contributed by atoms with Gasteiger partial charge in [0.15, 0.2) is 0 Å². The van der Waals surface area contributed by atoms with Gasteiger partial charge in [-0.15, -0.1) is 12.4 Å². The Morgan fingerprint density at radius 3 is 2.87 bits per heavy atom. The van der Waals surface area contributed by atoms with Crippen LogP contribution in [0.2, 0.25) is 0 Å². The lowest BCUT2D eigenvalue weighted by molar-refractivity contribution is 0.337. The van der Waals surface area contributed by atoms with E-state index in [9.17, 15) is 14.0 Å². The fourth-order valence-corrected chi connectivity index (χ4v) is 5.31. The van der Waals surface area contributed by atoms with Crippen molar-refractivity contribution in [2.75, 3.05) is 13.7 Å². The van der Waals surface area contributed by atoms with Crippen molar-refractivity contribution in [1.29, 1.82) is 0 Å². The molecule has 2 aliphatic rings. The van der Waals surface area contributed by atoms with Crippen LogP contribution in [0.4, 0.5) is 4.39 Å². The van der Waals surface area contributed by atoms with Gasteiger partial charge in [-0.1, -0.05) is 12.1 Å². The fourth-order valence-electron chi connectivity index (χ4n) is 5.31. The van der Waals surface area contributed by atoms with Crippen LogP contribution in [-0.4, -0.2) is 29.2 Å². The Labute approximate surface area is 184 Å². The van der Waals surface area contributed by atoms with Gasteiger partial charge in [-0.25, -0.2) is 9.18 Å². The molecule has 0 amide bonds. The summed E-state index contributed by atoms with van der Waals surface area (Å²) in [6.07, 6.45) is 2.68. The largest absolute Gasteiger partial charge is 0.496 e. The van der Waals surface area contributed by atoms with Gasteiger partial charge in [0.1, 0.15) is 11.6 Å². The number of ether oxygens (including phenoxy) is 1. The summed E-state index contributed by atoms with van der Waals surface area (Å²) in [5, 5.41) is 3.80. The predicted octanol–water partition coefficient (Wildman–Crippen LogP) is 2.97. The van der Waals surface area contributed by atoms with Gasteiger partial charge in [-0.05, 0) is 60.6 Å². The number of fused-ring (bicyclic) bond motifs is 4. The normalized spacial score (nSPS) is 21.9. The lowest BCUT2D eigenvalue weighted by Gasteiger charge is -2.31. The second-order valence-corrected chi connectivity index (χ2v) is 8.22. The number of aromatic amines is 1. The van der Waals surface area contributed by atoms with Crippen LogP contribution < -0.4 is 21.3 Å². The number of nitrogens with one attached hydrogen (secondary N) is 2. The van der Waals surface area contributed by atoms with Crippen LogP contribution in [0.3, 0.4) is 0 Å². The van der Waals surface area contributed by atoms with E-state index in [1.54, 1.807) is 7.11 Å². The molecule has 0 bridgehead atoms. The molecule has 1 fully saturated rings. The van der Waals surface area contributed by atoms with Crippen LogP contribution in [0.15, 0.2) is 46.0 Å². The van der Waals surface area contributed by atoms with E-state index < -0.39 is 17.1 Å². The number of halogens is 2. The molecule has 1 unspecified atom stereocenters. The number of hydrogen-bond acceptors (Lipinski definition) is 4. The first kappa shape index (κ1) is 21.6. The molecule has 1 aromatic heterocycles. The molecule has 2 heterocycles. The smallest absolute Gasteiger partial charge is 0.328 e. The Kier molecular flexibility index (Phi) is 5.90. The van der Waals surface area contributed by atoms with Gasteiger partial charge in [0, 0.05) is 25.0 Å². The number of hydrogen-bond donors (Lipinski definition) is 2. The molecule has 1 saturated heterocycles. The third-order valence-electron chi connectivity index (χ3n) is 6.76. The fraction of sp³-hybridized carbons (Fsp3) is 0.391. The van der Waals surface area contributed by atoms with Crippen molar-refractivity contribution in [1.82, 2.24) is 14.9 Å². The van der Waals surface area contributed by atoms with E-state index in [4.69, 9.17) is 4.74 Å². The lowest BCUT2D eigenvalue weighted by atomic mass is 9.74. The van der Waals surface area contributed by atoms with Crippen LogP contribution in [0, 0.1) is 11.7 Å². The maximum Gasteiger partial charge on any atom is 0.328 e. The summed E-state index contributed by atoms with van der Waals surface area (Å²) in [5.74, 6) is 1.33. The molecular weight excluding hydrogens is 421 g/mol. The average Bonchev–Trinajstić information content (AvgIpc) is 3.17. The first-order valence-electron chi connectivity index (χ1n) is 10.4. The summed E-state index contributed by atoms with van der Waals surface area (Å²) in [5.41, 5.74) is 2.11. The molecule has 2 N–H and O–H groups in total. The van der Waals surface area contributed by atoms with Crippen LogP contribution >= 0.6 is 12.4 Å². The van der Waals surface area contributed by atoms with E-state index in [0.717, 1.165) is 25.1 Å². The highest BCUT2D eigenvalue weighted by Crippen LogP contribution is 2.44. The predicted molar refractivity (Wildman–Crippen MR) is 120 cm³/mol. The molecule has 0 saturated carbocycles. The zero-order chi connectivity index (χ0) is 20.8. The molecule has 0 radical (unpaired) electrons. The number of H-pyrrole nitrogens is 1. The summed E-state index contributed by atoms with van der Waals surface area (Å²) in [4.78, 5) is 27.9. The van der Waals surface area contributed by atoms with Crippen molar-refractivity contribution in [2.45, 2.75) is 37.8 Å². The van der Waals surface area contributed by atoms with Crippen LogP contribution in [0.1, 0.15) is 29.9 Å². The van der Waals surface area contributed by atoms with Gasteiger partial charge >= 0.3 is 5.69 Å². The van der Waals surface area contributed by atoms with Gasteiger partial charge < -0.3 is 15.0 Å². The number of nitrogens with zero attached hydrogens (tertiary/aromatic N) is 1. The van der Waals surface area contributed by atoms with Crippen molar-refractivity contribution in [3.63, 3.8) is 0 Å². The number of benzene rings is 2. The molecule has 2 aromatic carbocycles. The Balaban J connectivity index is 0.00000231. The van der Waals surface area contributed by atoms with Crippen LogP contribution in [-0.2, 0) is 13.0 Å². The SMILES string of the molecule is COc1cccc2c1CC[C@H]1C(CCn3c(=O)[nH]c4ccc(F)cc4c3=O)NC[C@@H]21.Cl. The summed E-state index contributed by atoms with van der Waals surface area (Å²) in [7, 11) is 1.71. The second-order valence-electron chi connectivity index (χ2n) is 8.22. The number of rotatable bonds is 4. The van der Waals surface area contributed by atoms with E-state index in [0.29, 0.717) is 30.3 Å². The monoisotopic (exact) mass is 445 g/mol. The summed E-state index contributed by atoms with van der Waals surface area (Å²) in [6.45, 7) is 1.18. The van der Waals surface area contributed by atoms with Crippen molar-refractivity contribution in [3.8, 4) is 5.75 Å². The summed E-state index contributed by atoms with van der Waals surface area (Å²) < 4.78 is 20.3. The molecule has 1 aliphatic carbocycles. The molecule has 6 nitrogen and oxygen atoms in total. The average molecular weight is 446 g/mol. The number of aromatic nitrogens is 2. The maximum atomic E-state index is 13.6. The van der Waals surface area contributed by atoms with E-state index in [-0.39, 0.29) is 23.8 Å². The molecule has 1 aliphatic heterocycles. The molecule has 8 heteroatoms. The Hall–Kier alpha value is -2.64. The maximum absolute atomic E-state index is 13.6. The molecule has 5 rings (SSSR count). The third kappa shape index (κ3) is 3.66. The highest BCUT2D eigenvalue weighted by Gasteiger charge is 2.40. The third-order valence-corrected chi connectivity index (χ3v) is 6.76. The van der Waals surface area contributed by atoms with Crippen molar-refractivity contribution in [3.05, 3.63) is 74.2 Å². The second kappa shape index (κ2) is 8.48. The van der Waals surface area contributed by atoms with Gasteiger partial charge in [0.2, 0.25) is 0 Å². The van der Waals surface area contributed by atoms with Crippen LogP contribution in [0.5, 0.6) is 5.75 Å². The molecule has 31 heavy (non-hydrogen) atoms. The van der Waals surface area contributed by atoms with E-state index in [2.05, 4.69) is 16.4 Å².